The molecule has 0 bridgehead atoms. The second kappa shape index (κ2) is 7.25. The first-order valence-corrected chi connectivity index (χ1v) is 5.64. The second-order valence-electron chi connectivity index (χ2n) is 3.83. The minimum Gasteiger partial charge on any atom is -0.481 e. The Morgan fingerprint density at radius 2 is 2.33 bits per heavy atom. The summed E-state index contributed by atoms with van der Waals surface area (Å²) in [5.41, 5.74) is 0. The van der Waals surface area contributed by atoms with Crippen molar-refractivity contribution in [1.82, 2.24) is 25.4 Å². The van der Waals surface area contributed by atoms with Gasteiger partial charge in [0.2, 0.25) is 0 Å². The number of aryl methyl sites for hydroxylation is 1. The Morgan fingerprint density at radius 3 is 2.94 bits per heavy atom. The minimum absolute atomic E-state index is 0.0536. The summed E-state index contributed by atoms with van der Waals surface area (Å²) in [7, 11) is 1.56. The van der Waals surface area contributed by atoms with Crippen molar-refractivity contribution in [2.75, 3.05) is 20.1 Å². The number of nitrogens with zero attached hydrogens (tertiary/aromatic N) is 3. The Morgan fingerprint density at radius 1 is 1.56 bits per heavy atom. The Labute approximate surface area is 104 Å². The number of carbonyl (C=O) groups is 2. The van der Waals surface area contributed by atoms with Gasteiger partial charge in [-0.3, -0.25) is 9.89 Å². The van der Waals surface area contributed by atoms with E-state index in [1.165, 1.54) is 11.2 Å². The lowest BCUT2D eigenvalue weighted by atomic mass is 10.3. The number of hydrogen-bond acceptors (Lipinski definition) is 4. The maximum absolute atomic E-state index is 11.5. The fraction of sp³-hybridized carbons (Fsp3) is 0.600. The molecular formula is C10H17N5O3. The van der Waals surface area contributed by atoms with Gasteiger partial charge in [0, 0.05) is 26.6 Å². The van der Waals surface area contributed by atoms with E-state index in [4.69, 9.17) is 5.11 Å². The summed E-state index contributed by atoms with van der Waals surface area (Å²) < 4.78 is 0. The topological polar surface area (TPSA) is 111 Å². The highest BCUT2D eigenvalue weighted by Crippen LogP contribution is 1.93. The normalized spacial score (nSPS) is 10.1. The molecule has 0 unspecified atom stereocenters. The van der Waals surface area contributed by atoms with Gasteiger partial charge >= 0.3 is 12.0 Å². The maximum Gasteiger partial charge on any atom is 0.317 e. The van der Waals surface area contributed by atoms with Crippen molar-refractivity contribution < 1.29 is 14.7 Å². The third-order valence-electron chi connectivity index (χ3n) is 2.34. The van der Waals surface area contributed by atoms with Crippen LogP contribution in [0.15, 0.2) is 6.33 Å². The summed E-state index contributed by atoms with van der Waals surface area (Å²) in [6.45, 7) is 0.709. The van der Waals surface area contributed by atoms with Gasteiger partial charge in [0.15, 0.2) is 0 Å². The van der Waals surface area contributed by atoms with Gasteiger partial charge in [-0.05, 0) is 6.42 Å². The lowest BCUT2D eigenvalue weighted by Crippen LogP contribution is -2.38. The molecule has 0 radical (unpaired) electrons. The second-order valence-corrected chi connectivity index (χ2v) is 3.83. The molecule has 18 heavy (non-hydrogen) atoms. The summed E-state index contributed by atoms with van der Waals surface area (Å²) >= 11 is 0. The van der Waals surface area contributed by atoms with Crippen LogP contribution >= 0.6 is 0 Å². The first-order valence-electron chi connectivity index (χ1n) is 5.64. The number of H-pyrrole nitrogens is 1. The highest BCUT2D eigenvalue weighted by atomic mass is 16.4. The number of rotatable bonds is 7. The van der Waals surface area contributed by atoms with E-state index in [1.54, 1.807) is 7.05 Å². The number of carbonyl (C=O) groups excluding carboxylic acids is 1. The fourth-order valence-corrected chi connectivity index (χ4v) is 1.30. The average Bonchev–Trinajstić information content (AvgIpc) is 2.84. The van der Waals surface area contributed by atoms with Gasteiger partial charge in [0.1, 0.15) is 12.2 Å². The molecule has 0 saturated heterocycles. The van der Waals surface area contributed by atoms with Crippen molar-refractivity contribution in [3.8, 4) is 0 Å². The van der Waals surface area contributed by atoms with Crippen molar-refractivity contribution in [3.63, 3.8) is 0 Å². The van der Waals surface area contributed by atoms with Gasteiger partial charge in [-0.25, -0.2) is 9.78 Å². The van der Waals surface area contributed by atoms with Crippen molar-refractivity contribution >= 4 is 12.0 Å². The molecule has 0 saturated carbocycles. The van der Waals surface area contributed by atoms with Gasteiger partial charge in [0.25, 0.3) is 0 Å². The Balaban J connectivity index is 2.10. The van der Waals surface area contributed by atoms with E-state index in [1.807, 2.05) is 0 Å². The number of carboxylic acids is 1. The molecule has 1 aromatic heterocycles. The van der Waals surface area contributed by atoms with Crippen LogP contribution in [0.3, 0.4) is 0 Å². The first kappa shape index (κ1) is 13.9. The average molecular weight is 255 g/mol. The Kier molecular flexibility index (Phi) is 5.62. The summed E-state index contributed by atoms with van der Waals surface area (Å²) in [6, 6.07) is -0.270. The first-order chi connectivity index (χ1) is 8.59. The predicted molar refractivity (Wildman–Crippen MR) is 63.0 cm³/mol. The van der Waals surface area contributed by atoms with Crippen molar-refractivity contribution in [1.29, 1.82) is 0 Å². The van der Waals surface area contributed by atoms with E-state index in [-0.39, 0.29) is 19.0 Å². The van der Waals surface area contributed by atoms with E-state index in [0.29, 0.717) is 13.0 Å². The molecule has 0 spiro atoms. The van der Waals surface area contributed by atoms with Crippen LogP contribution in [0, 0.1) is 0 Å². The molecule has 0 aliphatic carbocycles. The standard InChI is InChI=1S/C10H17N5O3/c1-15(6-4-9(16)17)10(18)11-5-2-3-8-12-7-13-14-8/h7H,2-6H2,1H3,(H,11,18)(H,16,17)(H,12,13,14). The largest absolute Gasteiger partial charge is 0.481 e. The molecule has 0 aliphatic heterocycles. The number of carboxylic acid groups (broad SMARTS) is 1. The molecule has 0 fully saturated rings. The number of amides is 2. The SMILES string of the molecule is CN(CCC(=O)O)C(=O)NCCCc1ncn[nH]1. The van der Waals surface area contributed by atoms with Crippen LogP contribution in [-0.2, 0) is 11.2 Å². The number of hydrogen-bond donors (Lipinski definition) is 3. The summed E-state index contributed by atoms with van der Waals surface area (Å²) in [5.74, 6) is -0.136. The highest BCUT2D eigenvalue weighted by Gasteiger charge is 2.09. The van der Waals surface area contributed by atoms with Crippen LogP contribution in [-0.4, -0.2) is 57.3 Å². The third kappa shape index (κ3) is 5.28. The van der Waals surface area contributed by atoms with Crippen LogP contribution in [0.4, 0.5) is 4.79 Å². The summed E-state index contributed by atoms with van der Waals surface area (Å²) in [4.78, 5) is 27.2. The molecular weight excluding hydrogens is 238 g/mol. The monoisotopic (exact) mass is 255 g/mol. The molecule has 1 heterocycles. The number of nitrogens with one attached hydrogen (secondary N) is 2. The van der Waals surface area contributed by atoms with Gasteiger partial charge in [0.05, 0.1) is 6.42 Å². The lowest BCUT2D eigenvalue weighted by molar-refractivity contribution is -0.137. The van der Waals surface area contributed by atoms with E-state index < -0.39 is 5.97 Å². The van der Waals surface area contributed by atoms with E-state index in [2.05, 4.69) is 20.5 Å². The minimum atomic E-state index is -0.917. The molecule has 8 nitrogen and oxygen atoms in total. The summed E-state index contributed by atoms with van der Waals surface area (Å²) in [5, 5.41) is 17.6. The zero-order valence-corrected chi connectivity index (χ0v) is 10.2. The molecule has 1 aromatic rings. The van der Waals surface area contributed by atoms with Crippen molar-refractivity contribution in [2.45, 2.75) is 19.3 Å². The number of aromatic nitrogens is 3. The van der Waals surface area contributed by atoms with Crippen LogP contribution in [0.25, 0.3) is 0 Å². The highest BCUT2D eigenvalue weighted by molar-refractivity contribution is 5.74. The molecule has 2 amide bonds. The summed E-state index contributed by atoms with van der Waals surface area (Å²) in [6.07, 6.45) is 2.84. The molecule has 0 aromatic carbocycles. The number of urea groups is 1. The zero-order chi connectivity index (χ0) is 13.4. The third-order valence-corrected chi connectivity index (χ3v) is 2.34. The van der Waals surface area contributed by atoms with Gasteiger partial charge in [-0.1, -0.05) is 0 Å². The van der Waals surface area contributed by atoms with Crippen molar-refractivity contribution in [3.05, 3.63) is 12.2 Å². The molecule has 0 atom stereocenters. The number of aromatic amines is 1. The van der Waals surface area contributed by atoms with E-state index in [0.717, 1.165) is 12.2 Å². The van der Waals surface area contributed by atoms with E-state index in [9.17, 15) is 9.59 Å². The van der Waals surface area contributed by atoms with Gasteiger partial charge < -0.3 is 15.3 Å². The Bertz CT molecular complexity index is 379. The molecule has 8 heteroatoms. The lowest BCUT2D eigenvalue weighted by Gasteiger charge is -2.16. The molecule has 1 rings (SSSR count). The zero-order valence-electron chi connectivity index (χ0n) is 10.2. The number of aliphatic carboxylic acids is 1. The van der Waals surface area contributed by atoms with Gasteiger partial charge in [-0.15, -0.1) is 0 Å². The van der Waals surface area contributed by atoms with E-state index >= 15 is 0 Å². The van der Waals surface area contributed by atoms with Crippen LogP contribution in [0.5, 0.6) is 0 Å². The van der Waals surface area contributed by atoms with Crippen LogP contribution in [0.2, 0.25) is 0 Å². The molecule has 100 valence electrons. The van der Waals surface area contributed by atoms with Crippen LogP contribution < -0.4 is 5.32 Å². The quantitative estimate of drug-likeness (QED) is 0.587. The molecule has 3 N–H and O–H groups in total. The fourth-order valence-electron chi connectivity index (χ4n) is 1.30. The van der Waals surface area contributed by atoms with Crippen LogP contribution in [0.1, 0.15) is 18.7 Å². The van der Waals surface area contributed by atoms with Crippen molar-refractivity contribution in [2.24, 2.45) is 0 Å². The smallest absolute Gasteiger partial charge is 0.317 e. The maximum atomic E-state index is 11.5. The van der Waals surface area contributed by atoms with Gasteiger partial charge in [-0.2, -0.15) is 5.10 Å². The Hall–Kier alpha value is -2.12. The molecule has 0 aliphatic rings. The predicted octanol–water partition coefficient (Wildman–Crippen LogP) is -0.147.